The monoisotopic (exact) mass is 482 g/mol. The van der Waals surface area contributed by atoms with E-state index in [-0.39, 0.29) is 43.4 Å². The van der Waals surface area contributed by atoms with Crippen molar-refractivity contribution in [2.45, 2.75) is 49.1 Å². The van der Waals surface area contributed by atoms with E-state index in [9.17, 15) is 13.2 Å². The number of aromatic nitrogens is 1. The maximum atomic E-state index is 13.5. The standard InChI is InChI=1S/C24H26N4O5S/c1-23(2)22(26)28-24(3)17-12-15(4-7-20(17)33-10-8-21(24)34(23,30)31)13-19(29)18-6-5-16(14-27-18)32-11-9-25/h4-7,12,14,21H,8,10-11,13H2,1-3H3,(H2,26,28)/t21-,24-/m1/s1. The number of ether oxygens (including phenoxy) is 2. The molecular formula is C24H26N4O5S. The molecule has 2 aliphatic heterocycles. The van der Waals surface area contributed by atoms with Crippen LogP contribution in [-0.4, -0.2) is 48.2 Å². The average molecular weight is 483 g/mol. The Kier molecular flexibility index (Phi) is 5.85. The SMILES string of the molecule is CC1(C)C(N)=N[C@]2(C)c3cc(CC(=O)c4ccc(OCC#N)cn4)ccc3OCC[C@H]2S1(=O)=O. The predicted molar refractivity (Wildman–Crippen MR) is 126 cm³/mol. The molecule has 2 aliphatic rings. The van der Waals surface area contributed by atoms with Crippen LogP contribution in [0.1, 0.15) is 48.8 Å². The van der Waals surface area contributed by atoms with E-state index in [2.05, 4.69) is 4.98 Å². The van der Waals surface area contributed by atoms with Crippen LogP contribution in [0.25, 0.3) is 0 Å². The number of nitrogens with zero attached hydrogens (tertiary/aromatic N) is 3. The minimum atomic E-state index is -3.67. The van der Waals surface area contributed by atoms with Gasteiger partial charge in [-0.2, -0.15) is 5.26 Å². The number of ketones is 1. The number of amidine groups is 1. The molecule has 2 N–H and O–H groups in total. The van der Waals surface area contributed by atoms with Crippen LogP contribution in [0.2, 0.25) is 0 Å². The molecule has 178 valence electrons. The summed E-state index contributed by atoms with van der Waals surface area (Å²) < 4.78 is 36.7. The van der Waals surface area contributed by atoms with Crippen molar-refractivity contribution in [3.8, 4) is 17.6 Å². The van der Waals surface area contributed by atoms with Gasteiger partial charge in [0.25, 0.3) is 0 Å². The molecule has 4 rings (SSSR count). The summed E-state index contributed by atoms with van der Waals surface area (Å²) in [6.07, 6.45) is 1.73. The topological polar surface area (TPSA) is 145 Å². The van der Waals surface area contributed by atoms with Crippen LogP contribution < -0.4 is 15.2 Å². The molecule has 34 heavy (non-hydrogen) atoms. The zero-order valence-electron chi connectivity index (χ0n) is 19.2. The van der Waals surface area contributed by atoms with Crippen molar-refractivity contribution in [3.05, 3.63) is 53.3 Å². The Balaban J connectivity index is 1.68. The highest BCUT2D eigenvalue weighted by atomic mass is 32.2. The summed E-state index contributed by atoms with van der Waals surface area (Å²) in [7, 11) is -3.67. The van der Waals surface area contributed by atoms with Crippen LogP contribution in [0.4, 0.5) is 0 Å². The molecule has 3 heterocycles. The summed E-state index contributed by atoms with van der Waals surface area (Å²) in [4.78, 5) is 21.7. The number of nitrogens with two attached hydrogens (primary N) is 1. The molecule has 0 bridgehead atoms. The van der Waals surface area contributed by atoms with E-state index in [0.717, 1.165) is 0 Å². The first-order valence-electron chi connectivity index (χ1n) is 10.8. The lowest BCUT2D eigenvalue weighted by Gasteiger charge is -2.43. The lowest BCUT2D eigenvalue weighted by Crippen LogP contribution is -2.59. The largest absolute Gasteiger partial charge is 0.493 e. The van der Waals surface area contributed by atoms with E-state index in [0.29, 0.717) is 22.6 Å². The zero-order chi connectivity index (χ0) is 24.7. The van der Waals surface area contributed by atoms with Crippen molar-refractivity contribution in [2.75, 3.05) is 13.2 Å². The van der Waals surface area contributed by atoms with Gasteiger partial charge in [0.05, 0.1) is 18.1 Å². The van der Waals surface area contributed by atoms with Gasteiger partial charge in [0, 0.05) is 18.4 Å². The van der Waals surface area contributed by atoms with Gasteiger partial charge in [-0.05, 0) is 50.6 Å². The first kappa shape index (κ1) is 23.7. The van der Waals surface area contributed by atoms with E-state index in [1.54, 1.807) is 51.1 Å². The molecule has 0 aliphatic carbocycles. The second-order valence-electron chi connectivity index (χ2n) is 9.08. The van der Waals surface area contributed by atoms with Crippen LogP contribution in [0, 0.1) is 11.3 Å². The van der Waals surface area contributed by atoms with Crippen molar-refractivity contribution < 1.29 is 22.7 Å². The van der Waals surface area contributed by atoms with E-state index < -0.39 is 25.4 Å². The van der Waals surface area contributed by atoms with Crippen molar-refractivity contribution in [1.29, 1.82) is 5.26 Å². The second-order valence-corrected chi connectivity index (χ2v) is 11.8. The van der Waals surface area contributed by atoms with E-state index in [4.69, 9.17) is 25.5 Å². The molecule has 9 nitrogen and oxygen atoms in total. The lowest BCUT2D eigenvalue weighted by atomic mass is 9.85. The van der Waals surface area contributed by atoms with Crippen molar-refractivity contribution in [2.24, 2.45) is 10.7 Å². The van der Waals surface area contributed by atoms with Gasteiger partial charge in [0.1, 0.15) is 39.4 Å². The Morgan fingerprint density at radius 3 is 2.74 bits per heavy atom. The normalized spacial score (nSPS) is 24.3. The van der Waals surface area contributed by atoms with E-state index in [1.807, 2.05) is 6.07 Å². The highest BCUT2D eigenvalue weighted by molar-refractivity contribution is 7.94. The molecule has 0 saturated carbocycles. The second kappa shape index (κ2) is 8.40. The Hall–Kier alpha value is -3.45. The average Bonchev–Trinajstić information content (AvgIpc) is 2.94. The zero-order valence-corrected chi connectivity index (χ0v) is 20.1. The fourth-order valence-corrected chi connectivity index (χ4v) is 6.68. The molecule has 1 aromatic heterocycles. The summed E-state index contributed by atoms with van der Waals surface area (Å²) in [6.45, 7) is 5.04. The maximum Gasteiger partial charge on any atom is 0.185 e. The third kappa shape index (κ3) is 3.80. The number of rotatable bonds is 5. The molecule has 2 atom stereocenters. The van der Waals surface area contributed by atoms with Crippen LogP contribution in [0.15, 0.2) is 41.5 Å². The minimum Gasteiger partial charge on any atom is -0.493 e. The lowest BCUT2D eigenvalue weighted by molar-refractivity contribution is 0.0988. The maximum absolute atomic E-state index is 13.5. The molecule has 0 saturated heterocycles. The number of sulfone groups is 1. The van der Waals surface area contributed by atoms with Gasteiger partial charge in [-0.3, -0.25) is 9.79 Å². The summed E-state index contributed by atoms with van der Waals surface area (Å²) in [5.74, 6) is 0.771. The van der Waals surface area contributed by atoms with Gasteiger partial charge in [0.2, 0.25) is 0 Å². The van der Waals surface area contributed by atoms with E-state index in [1.165, 1.54) is 6.20 Å². The molecule has 10 heteroatoms. The minimum absolute atomic E-state index is 0.0524. The Bertz CT molecular complexity index is 1310. The molecule has 0 radical (unpaired) electrons. The smallest absolute Gasteiger partial charge is 0.185 e. The molecule has 0 amide bonds. The van der Waals surface area contributed by atoms with Gasteiger partial charge >= 0.3 is 0 Å². The summed E-state index contributed by atoms with van der Waals surface area (Å²) in [6, 6.07) is 10.3. The van der Waals surface area contributed by atoms with Gasteiger partial charge in [-0.15, -0.1) is 0 Å². The molecule has 1 aromatic carbocycles. The Morgan fingerprint density at radius 2 is 2.06 bits per heavy atom. The predicted octanol–water partition coefficient (Wildman–Crippen LogP) is 2.34. The van der Waals surface area contributed by atoms with Crippen LogP contribution in [0.5, 0.6) is 11.5 Å². The number of carbonyl (C=O) groups is 1. The summed E-state index contributed by atoms with van der Waals surface area (Å²) in [5.41, 5.74) is 6.55. The third-order valence-electron chi connectivity index (χ3n) is 6.60. The number of carbonyl (C=O) groups excluding carboxylic acids is 1. The summed E-state index contributed by atoms with van der Waals surface area (Å²) in [5, 5.41) is 7.78. The number of hydrogen-bond donors (Lipinski definition) is 1. The van der Waals surface area contributed by atoms with Gasteiger partial charge in [-0.1, -0.05) is 6.07 Å². The van der Waals surface area contributed by atoms with E-state index >= 15 is 0 Å². The van der Waals surface area contributed by atoms with Gasteiger partial charge in [0.15, 0.2) is 22.2 Å². The third-order valence-corrected chi connectivity index (χ3v) is 9.67. The van der Waals surface area contributed by atoms with Gasteiger partial charge in [-0.25, -0.2) is 13.4 Å². The number of aliphatic imine (C=N–C) groups is 1. The fraction of sp³-hybridized carbons (Fsp3) is 0.417. The number of pyridine rings is 1. The number of hydrogen-bond acceptors (Lipinski definition) is 9. The quantitative estimate of drug-likeness (QED) is 0.639. The number of fused-ring (bicyclic) bond motifs is 3. The number of Topliss-reactive ketones (excluding diaryl/α,β-unsaturated/α-hetero) is 1. The first-order valence-corrected chi connectivity index (χ1v) is 12.4. The highest BCUT2D eigenvalue weighted by Gasteiger charge is 2.57. The fourth-order valence-electron chi connectivity index (χ4n) is 4.44. The molecule has 0 unspecified atom stereocenters. The van der Waals surface area contributed by atoms with Crippen molar-refractivity contribution in [3.63, 3.8) is 0 Å². The van der Waals surface area contributed by atoms with Crippen LogP contribution in [-0.2, 0) is 21.8 Å². The van der Waals surface area contributed by atoms with Gasteiger partial charge < -0.3 is 15.2 Å². The highest BCUT2D eigenvalue weighted by Crippen LogP contribution is 2.48. The first-order chi connectivity index (χ1) is 16.0. The number of nitriles is 1. The summed E-state index contributed by atoms with van der Waals surface area (Å²) >= 11 is 0. The Morgan fingerprint density at radius 1 is 1.29 bits per heavy atom. The Labute approximate surface area is 198 Å². The van der Waals surface area contributed by atoms with Crippen molar-refractivity contribution >= 4 is 21.5 Å². The van der Waals surface area contributed by atoms with Crippen LogP contribution >= 0.6 is 0 Å². The number of benzene rings is 1. The van der Waals surface area contributed by atoms with Crippen molar-refractivity contribution in [1.82, 2.24) is 4.98 Å². The molecule has 2 aromatic rings. The van der Waals surface area contributed by atoms with Crippen LogP contribution in [0.3, 0.4) is 0 Å². The molecular weight excluding hydrogens is 456 g/mol. The molecule has 0 fully saturated rings. The molecule has 0 spiro atoms.